The molecule has 1 unspecified atom stereocenters. The molecule has 0 fully saturated rings. The van der Waals surface area contributed by atoms with Crippen LogP contribution >= 0.6 is 0 Å². The second kappa shape index (κ2) is 5.78. The van der Waals surface area contributed by atoms with E-state index in [-0.39, 0.29) is 11.7 Å². The molecular formula is C10H16O. The molecule has 1 N–H and O–H groups in total. The van der Waals surface area contributed by atoms with Crippen LogP contribution in [0.15, 0.2) is 36.6 Å². The van der Waals surface area contributed by atoms with Gasteiger partial charge in [-0.15, -0.1) is 0 Å². The van der Waals surface area contributed by atoms with Gasteiger partial charge >= 0.3 is 0 Å². The maximum atomic E-state index is 8.90. The number of allylic oxidation sites excluding steroid dienone is 4. The minimum atomic E-state index is 0.148. The van der Waals surface area contributed by atoms with Crippen LogP contribution in [-0.2, 0) is 0 Å². The lowest BCUT2D eigenvalue weighted by atomic mass is 10.00. The Morgan fingerprint density at radius 1 is 1.45 bits per heavy atom. The molecule has 1 aliphatic rings. The van der Waals surface area contributed by atoms with Gasteiger partial charge in [0.1, 0.15) is 0 Å². The highest BCUT2D eigenvalue weighted by atomic mass is 16.3. The Kier molecular flexibility index (Phi) is 5.26. The predicted molar refractivity (Wildman–Crippen MR) is 49.5 cm³/mol. The highest BCUT2D eigenvalue weighted by Gasteiger charge is 2.06. The van der Waals surface area contributed by atoms with Gasteiger partial charge in [0.25, 0.3) is 0 Å². The van der Waals surface area contributed by atoms with E-state index >= 15 is 0 Å². The summed E-state index contributed by atoms with van der Waals surface area (Å²) in [5, 5.41) is 8.90. The summed E-state index contributed by atoms with van der Waals surface area (Å²) >= 11 is 0. The number of hydrogen-bond donors (Lipinski definition) is 1. The average Bonchev–Trinajstić information content (AvgIpc) is 2.10. The van der Waals surface area contributed by atoms with Crippen LogP contribution in [0.25, 0.3) is 0 Å². The van der Waals surface area contributed by atoms with E-state index in [2.05, 4.69) is 6.58 Å². The first-order valence-corrected chi connectivity index (χ1v) is 4.02. The van der Waals surface area contributed by atoms with Crippen LogP contribution in [0.5, 0.6) is 0 Å². The van der Waals surface area contributed by atoms with Gasteiger partial charge in [-0.2, -0.15) is 0 Å². The first-order chi connectivity index (χ1) is 5.30. The summed E-state index contributed by atoms with van der Waals surface area (Å²) in [7, 11) is 0. The molecule has 0 aromatic heterocycles. The van der Waals surface area contributed by atoms with Gasteiger partial charge in [-0.05, 0) is 6.42 Å². The van der Waals surface area contributed by atoms with Gasteiger partial charge in [-0.3, -0.25) is 0 Å². The van der Waals surface area contributed by atoms with Crippen LogP contribution in [-0.4, -0.2) is 5.11 Å². The van der Waals surface area contributed by atoms with Crippen LogP contribution < -0.4 is 0 Å². The van der Waals surface area contributed by atoms with E-state index in [1.807, 2.05) is 38.2 Å². The van der Waals surface area contributed by atoms with Crippen molar-refractivity contribution in [2.24, 2.45) is 5.92 Å². The minimum Gasteiger partial charge on any atom is -0.512 e. The molecule has 0 saturated heterocycles. The summed E-state index contributed by atoms with van der Waals surface area (Å²) < 4.78 is 0. The fourth-order valence-corrected chi connectivity index (χ4v) is 0.828. The van der Waals surface area contributed by atoms with E-state index < -0.39 is 0 Å². The summed E-state index contributed by atoms with van der Waals surface area (Å²) in [6.07, 6.45) is 8.75. The predicted octanol–water partition coefficient (Wildman–Crippen LogP) is 3.22. The van der Waals surface area contributed by atoms with E-state index in [9.17, 15) is 0 Å². The summed E-state index contributed by atoms with van der Waals surface area (Å²) in [6.45, 7) is 7.45. The molecule has 0 aliphatic heterocycles. The van der Waals surface area contributed by atoms with E-state index in [0.29, 0.717) is 0 Å². The van der Waals surface area contributed by atoms with Crippen molar-refractivity contribution < 1.29 is 5.11 Å². The smallest absolute Gasteiger partial charge is 0.0922 e. The van der Waals surface area contributed by atoms with Crippen LogP contribution in [0, 0.1) is 5.92 Å². The lowest BCUT2D eigenvalue weighted by Gasteiger charge is -2.09. The summed E-state index contributed by atoms with van der Waals surface area (Å²) in [5.74, 6) is 0.408. The van der Waals surface area contributed by atoms with E-state index in [4.69, 9.17) is 5.11 Å². The lowest BCUT2D eigenvalue weighted by Crippen LogP contribution is -1.99. The van der Waals surface area contributed by atoms with Crippen molar-refractivity contribution >= 4 is 0 Å². The van der Waals surface area contributed by atoms with Crippen molar-refractivity contribution in [1.82, 2.24) is 0 Å². The molecule has 1 atom stereocenters. The Labute approximate surface area is 68.7 Å². The van der Waals surface area contributed by atoms with E-state index in [0.717, 1.165) is 6.42 Å². The molecule has 1 nitrogen and oxygen atoms in total. The molecule has 0 heterocycles. The molecule has 0 aromatic carbocycles. The quantitative estimate of drug-likeness (QED) is 0.572. The van der Waals surface area contributed by atoms with Crippen LogP contribution in [0.2, 0.25) is 0 Å². The van der Waals surface area contributed by atoms with Gasteiger partial charge in [0.15, 0.2) is 0 Å². The van der Waals surface area contributed by atoms with Crippen molar-refractivity contribution in [3.8, 4) is 0 Å². The molecule has 0 amide bonds. The Balaban J connectivity index is 0.000000461. The Bertz CT molecular complexity index is 166. The van der Waals surface area contributed by atoms with Crippen molar-refractivity contribution in [2.45, 2.75) is 20.3 Å². The van der Waals surface area contributed by atoms with Gasteiger partial charge in [0, 0.05) is 5.92 Å². The highest BCUT2D eigenvalue weighted by Crippen LogP contribution is 2.16. The SMILES string of the molecule is C=C(O)C1C=CC=CC1.CC. The average molecular weight is 152 g/mol. The molecule has 1 aliphatic carbocycles. The molecule has 0 spiro atoms. The highest BCUT2D eigenvalue weighted by molar-refractivity contribution is 5.16. The zero-order valence-corrected chi connectivity index (χ0v) is 7.25. The third-order valence-electron chi connectivity index (χ3n) is 1.41. The first kappa shape index (κ1) is 10.0. The summed E-state index contributed by atoms with van der Waals surface area (Å²) in [6, 6.07) is 0. The molecule has 62 valence electrons. The molecular weight excluding hydrogens is 136 g/mol. The van der Waals surface area contributed by atoms with Gasteiger partial charge in [0.2, 0.25) is 0 Å². The maximum Gasteiger partial charge on any atom is 0.0922 e. The van der Waals surface area contributed by atoms with E-state index in [1.54, 1.807) is 0 Å². The van der Waals surface area contributed by atoms with Crippen molar-refractivity contribution in [3.05, 3.63) is 36.6 Å². The zero-order valence-electron chi connectivity index (χ0n) is 7.25. The molecule has 0 bridgehead atoms. The molecule has 0 aromatic rings. The van der Waals surface area contributed by atoms with Crippen molar-refractivity contribution in [1.29, 1.82) is 0 Å². The Morgan fingerprint density at radius 2 is 2.09 bits per heavy atom. The fraction of sp³-hybridized carbons (Fsp3) is 0.400. The second-order valence-corrected chi connectivity index (χ2v) is 2.15. The summed E-state index contributed by atoms with van der Waals surface area (Å²) in [5.41, 5.74) is 0. The van der Waals surface area contributed by atoms with Gasteiger partial charge in [-0.25, -0.2) is 0 Å². The molecule has 0 saturated carbocycles. The minimum absolute atomic E-state index is 0.148. The fourth-order valence-electron chi connectivity index (χ4n) is 0.828. The number of rotatable bonds is 1. The molecule has 0 radical (unpaired) electrons. The lowest BCUT2D eigenvalue weighted by molar-refractivity contribution is 0.359. The second-order valence-electron chi connectivity index (χ2n) is 2.15. The monoisotopic (exact) mass is 152 g/mol. The van der Waals surface area contributed by atoms with Crippen LogP contribution in [0.1, 0.15) is 20.3 Å². The molecule has 11 heavy (non-hydrogen) atoms. The zero-order chi connectivity index (χ0) is 8.69. The molecule has 1 heteroatoms. The van der Waals surface area contributed by atoms with Crippen molar-refractivity contribution in [2.75, 3.05) is 0 Å². The Morgan fingerprint density at radius 3 is 2.36 bits per heavy atom. The number of hydrogen-bond acceptors (Lipinski definition) is 1. The summed E-state index contributed by atoms with van der Waals surface area (Å²) in [4.78, 5) is 0. The maximum absolute atomic E-state index is 8.90. The van der Waals surface area contributed by atoms with E-state index in [1.165, 1.54) is 0 Å². The van der Waals surface area contributed by atoms with Crippen molar-refractivity contribution in [3.63, 3.8) is 0 Å². The normalized spacial score (nSPS) is 20.4. The van der Waals surface area contributed by atoms with Gasteiger partial charge < -0.3 is 5.11 Å². The number of aliphatic hydroxyl groups excluding tert-OH is 1. The Hall–Kier alpha value is -0.980. The third kappa shape index (κ3) is 3.66. The standard InChI is InChI=1S/C8H10O.C2H6/c1-7(9)8-5-3-2-4-6-8;1-2/h2-5,8-9H,1,6H2;1-2H3. The van der Waals surface area contributed by atoms with Crippen LogP contribution in [0.4, 0.5) is 0 Å². The molecule has 1 rings (SSSR count). The topological polar surface area (TPSA) is 20.2 Å². The third-order valence-corrected chi connectivity index (χ3v) is 1.41. The van der Waals surface area contributed by atoms with Crippen LogP contribution in [0.3, 0.4) is 0 Å². The largest absolute Gasteiger partial charge is 0.512 e. The number of aliphatic hydroxyl groups is 1. The van der Waals surface area contributed by atoms with Gasteiger partial charge in [-0.1, -0.05) is 44.7 Å². The first-order valence-electron chi connectivity index (χ1n) is 4.02. The van der Waals surface area contributed by atoms with Gasteiger partial charge in [0.05, 0.1) is 5.76 Å².